The monoisotopic (exact) mass is 368 g/mol. The third kappa shape index (κ3) is 5.69. The Labute approximate surface area is 146 Å². The average molecular weight is 369 g/mol. The van der Waals surface area contributed by atoms with Crippen LogP contribution in [0.4, 0.5) is 18.9 Å². The summed E-state index contributed by atoms with van der Waals surface area (Å²) in [4.78, 5) is 12.0. The van der Waals surface area contributed by atoms with Crippen LogP contribution in [0.1, 0.15) is 11.1 Å². The van der Waals surface area contributed by atoms with E-state index in [9.17, 15) is 18.0 Å². The third-order valence-corrected chi connectivity index (χ3v) is 3.45. The minimum Gasteiger partial charge on any atom is -0.483 e. The highest BCUT2D eigenvalue weighted by molar-refractivity contribution is 6.31. The highest BCUT2D eigenvalue weighted by atomic mass is 35.5. The second kappa shape index (κ2) is 7.90. The Morgan fingerprint density at radius 2 is 1.96 bits per heavy atom. The number of carbonyl (C=O) groups is 1. The molecule has 130 valence electrons. The highest BCUT2D eigenvalue weighted by Gasteiger charge is 2.28. The zero-order valence-electron chi connectivity index (χ0n) is 12.7. The van der Waals surface area contributed by atoms with Gasteiger partial charge in [0.15, 0.2) is 6.61 Å². The summed E-state index contributed by atoms with van der Waals surface area (Å²) in [6.07, 6.45) is -4.48. The van der Waals surface area contributed by atoms with Gasteiger partial charge in [-0.25, -0.2) is 0 Å². The van der Waals surface area contributed by atoms with Gasteiger partial charge in [-0.1, -0.05) is 29.8 Å². The van der Waals surface area contributed by atoms with E-state index in [2.05, 4.69) is 10.1 Å². The van der Waals surface area contributed by atoms with Crippen LogP contribution in [0.5, 0.6) is 5.75 Å². The molecule has 2 aromatic rings. The number of hydrogen-bond acceptors (Lipinski definition) is 3. The van der Waals surface area contributed by atoms with Gasteiger partial charge in [-0.3, -0.25) is 4.79 Å². The number of nitriles is 1. The fraction of sp³-hybridized carbons (Fsp3) is 0.176. The van der Waals surface area contributed by atoms with E-state index in [0.717, 1.165) is 0 Å². The molecule has 0 saturated carbocycles. The molecule has 0 unspecified atom stereocenters. The number of ether oxygens (including phenoxy) is 1. The number of carbonyl (C=O) groups excluding carboxylic acids is 1. The SMILES string of the molecule is N#Cc1cc(NC(=O)Cc2ccccc2Cl)ccc1OCC(F)(F)F. The standard InChI is InChI=1S/C17H12ClF3N2O2/c18-14-4-2-1-3-11(14)8-16(24)23-13-5-6-15(12(7-13)9-22)25-10-17(19,20)21/h1-7H,8,10H2,(H,23,24). The van der Waals surface area contributed by atoms with Gasteiger partial charge < -0.3 is 10.1 Å². The number of nitrogens with one attached hydrogen (secondary N) is 1. The molecule has 0 atom stereocenters. The third-order valence-electron chi connectivity index (χ3n) is 3.08. The Kier molecular flexibility index (Phi) is 5.88. The van der Waals surface area contributed by atoms with Gasteiger partial charge in [-0.05, 0) is 29.8 Å². The van der Waals surface area contributed by atoms with E-state index in [4.69, 9.17) is 16.9 Å². The molecule has 2 aromatic carbocycles. The Hall–Kier alpha value is -2.72. The fourth-order valence-corrected chi connectivity index (χ4v) is 2.20. The van der Waals surface area contributed by atoms with Gasteiger partial charge in [0.1, 0.15) is 11.8 Å². The van der Waals surface area contributed by atoms with Crippen molar-refractivity contribution >= 4 is 23.2 Å². The Morgan fingerprint density at radius 3 is 2.60 bits per heavy atom. The first-order valence-corrected chi connectivity index (χ1v) is 7.43. The van der Waals surface area contributed by atoms with Crippen LogP contribution in [-0.4, -0.2) is 18.7 Å². The molecule has 0 spiro atoms. The van der Waals surface area contributed by atoms with E-state index in [-0.39, 0.29) is 29.3 Å². The van der Waals surface area contributed by atoms with Crippen LogP contribution in [0.15, 0.2) is 42.5 Å². The summed E-state index contributed by atoms with van der Waals surface area (Å²) < 4.78 is 41.2. The molecule has 0 saturated heterocycles. The van der Waals surface area contributed by atoms with Gasteiger partial charge in [0.25, 0.3) is 0 Å². The molecular formula is C17H12ClF3N2O2. The van der Waals surface area contributed by atoms with Crippen molar-refractivity contribution in [1.82, 2.24) is 0 Å². The molecule has 0 aliphatic carbocycles. The number of alkyl halides is 3. The number of rotatable bonds is 5. The van der Waals surface area contributed by atoms with Crippen LogP contribution in [0.2, 0.25) is 5.02 Å². The Bertz CT molecular complexity index is 816. The van der Waals surface area contributed by atoms with Crippen LogP contribution in [0.3, 0.4) is 0 Å². The smallest absolute Gasteiger partial charge is 0.422 e. The summed E-state index contributed by atoms with van der Waals surface area (Å²) in [5.74, 6) is -0.579. The molecule has 0 aromatic heterocycles. The molecule has 1 N–H and O–H groups in total. The highest BCUT2D eigenvalue weighted by Crippen LogP contribution is 2.25. The summed E-state index contributed by atoms with van der Waals surface area (Å²) in [5.41, 5.74) is 0.792. The molecule has 0 fully saturated rings. The van der Waals surface area contributed by atoms with Gasteiger partial charge in [0.05, 0.1) is 12.0 Å². The summed E-state index contributed by atoms with van der Waals surface area (Å²) in [7, 11) is 0. The van der Waals surface area contributed by atoms with Gasteiger partial charge in [0.2, 0.25) is 5.91 Å². The van der Waals surface area contributed by atoms with E-state index >= 15 is 0 Å². The predicted octanol–water partition coefficient (Wildman–Crippen LogP) is 4.33. The van der Waals surface area contributed by atoms with E-state index in [1.807, 2.05) is 0 Å². The van der Waals surface area contributed by atoms with Crippen molar-refractivity contribution in [3.05, 3.63) is 58.6 Å². The van der Waals surface area contributed by atoms with E-state index in [1.54, 1.807) is 30.3 Å². The lowest BCUT2D eigenvalue weighted by Crippen LogP contribution is -2.19. The first-order chi connectivity index (χ1) is 11.8. The van der Waals surface area contributed by atoms with Crippen molar-refractivity contribution in [1.29, 1.82) is 5.26 Å². The summed E-state index contributed by atoms with van der Waals surface area (Å²) in [6.45, 7) is -1.50. The molecule has 0 aliphatic rings. The van der Waals surface area contributed by atoms with Crippen molar-refractivity contribution in [2.75, 3.05) is 11.9 Å². The van der Waals surface area contributed by atoms with E-state index in [0.29, 0.717) is 10.6 Å². The summed E-state index contributed by atoms with van der Waals surface area (Å²) in [6, 6.07) is 12.4. The van der Waals surface area contributed by atoms with Gasteiger partial charge >= 0.3 is 6.18 Å². The molecule has 1 amide bonds. The largest absolute Gasteiger partial charge is 0.483 e. The second-order valence-corrected chi connectivity index (χ2v) is 5.45. The molecule has 25 heavy (non-hydrogen) atoms. The first kappa shape index (κ1) is 18.6. The maximum absolute atomic E-state index is 12.2. The minimum absolute atomic E-state index is 0.0217. The number of halogens is 4. The summed E-state index contributed by atoms with van der Waals surface area (Å²) in [5, 5.41) is 12.1. The molecule has 0 radical (unpaired) electrons. The molecular weight excluding hydrogens is 357 g/mol. The maximum atomic E-state index is 12.2. The van der Waals surface area contributed by atoms with Gasteiger partial charge in [-0.2, -0.15) is 18.4 Å². The van der Waals surface area contributed by atoms with Gasteiger partial charge in [0, 0.05) is 10.7 Å². The number of hydrogen-bond donors (Lipinski definition) is 1. The molecule has 0 aliphatic heterocycles. The van der Waals surface area contributed by atoms with Crippen molar-refractivity contribution in [3.8, 4) is 11.8 Å². The van der Waals surface area contributed by atoms with Crippen LogP contribution < -0.4 is 10.1 Å². The lowest BCUT2D eigenvalue weighted by atomic mass is 10.1. The normalized spacial score (nSPS) is 10.8. The number of benzene rings is 2. The summed E-state index contributed by atoms with van der Waals surface area (Å²) >= 11 is 5.98. The lowest BCUT2D eigenvalue weighted by molar-refractivity contribution is -0.153. The number of nitrogens with zero attached hydrogens (tertiary/aromatic N) is 1. The fourth-order valence-electron chi connectivity index (χ4n) is 2.00. The predicted molar refractivity (Wildman–Crippen MR) is 86.5 cm³/mol. The Morgan fingerprint density at radius 1 is 1.24 bits per heavy atom. The van der Waals surface area contributed by atoms with Crippen LogP contribution in [0.25, 0.3) is 0 Å². The zero-order chi connectivity index (χ0) is 18.4. The molecule has 0 heterocycles. The number of anilines is 1. The van der Waals surface area contributed by atoms with Crippen LogP contribution >= 0.6 is 11.6 Å². The number of amides is 1. The molecule has 4 nitrogen and oxygen atoms in total. The maximum Gasteiger partial charge on any atom is 0.422 e. The van der Waals surface area contributed by atoms with Crippen LogP contribution in [0, 0.1) is 11.3 Å². The molecule has 8 heteroatoms. The lowest BCUT2D eigenvalue weighted by Gasteiger charge is -2.12. The van der Waals surface area contributed by atoms with Crippen molar-refractivity contribution < 1.29 is 22.7 Å². The first-order valence-electron chi connectivity index (χ1n) is 7.05. The topological polar surface area (TPSA) is 62.1 Å². The average Bonchev–Trinajstić information content (AvgIpc) is 2.55. The van der Waals surface area contributed by atoms with Crippen LogP contribution in [-0.2, 0) is 11.2 Å². The van der Waals surface area contributed by atoms with E-state index in [1.165, 1.54) is 18.2 Å². The van der Waals surface area contributed by atoms with E-state index < -0.39 is 12.8 Å². The second-order valence-electron chi connectivity index (χ2n) is 5.04. The Balaban J connectivity index is 2.06. The molecule has 0 bridgehead atoms. The zero-order valence-corrected chi connectivity index (χ0v) is 13.5. The minimum atomic E-state index is -4.51. The van der Waals surface area contributed by atoms with Crippen molar-refractivity contribution in [2.45, 2.75) is 12.6 Å². The molecule has 2 rings (SSSR count). The van der Waals surface area contributed by atoms with Gasteiger partial charge in [-0.15, -0.1) is 0 Å². The quantitative estimate of drug-likeness (QED) is 0.854. The van der Waals surface area contributed by atoms with Crippen molar-refractivity contribution in [2.24, 2.45) is 0 Å². The van der Waals surface area contributed by atoms with Crippen molar-refractivity contribution in [3.63, 3.8) is 0 Å².